The van der Waals surface area contributed by atoms with E-state index in [4.69, 9.17) is 51.1 Å². The number of nitrogens with one attached hydrogen (secondary N) is 1. The van der Waals surface area contributed by atoms with Crippen LogP contribution in [-0.2, 0) is 13.2 Å². The van der Waals surface area contributed by atoms with Crippen molar-refractivity contribution in [1.82, 2.24) is 5.43 Å². The van der Waals surface area contributed by atoms with E-state index in [0.717, 1.165) is 21.2 Å². The molecule has 150 valence electrons. The first-order valence-electron chi connectivity index (χ1n) is 8.49. The molecule has 0 amide bonds. The van der Waals surface area contributed by atoms with Gasteiger partial charge >= 0.3 is 0 Å². The zero-order valence-corrected chi connectivity index (χ0v) is 19.5. The van der Waals surface area contributed by atoms with Gasteiger partial charge in [-0.25, -0.2) is 0 Å². The van der Waals surface area contributed by atoms with Crippen LogP contribution in [0.25, 0.3) is 0 Å². The molecule has 8 heteroatoms. The van der Waals surface area contributed by atoms with E-state index in [2.05, 4.69) is 26.5 Å². The summed E-state index contributed by atoms with van der Waals surface area (Å²) < 4.78 is 6.65. The second kappa shape index (κ2) is 10.6. The lowest BCUT2D eigenvalue weighted by Gasteiger charge is -2.10. The Morgan fingerprint density at radius 3 is 2.38 bits per heavy atom. The smallest absolute Gasteiger partial charge is 0.134 e. The minimum Gasteiger partial charge on any atom is -0.488 e. The summed E-state index contributed by atoms with van der Waals surface area (Å²) in [7, 11) is 0. The maximum Gasteiger partial charge on any atom is 0.134 e. The molecule has 0 aliphatic heterocycles. The van der Waals surface area contributed by atoms with E-state index >= 15 is 0 Å². The zero-order chi connectivity index (χ0) is 20.8. The first-order chi connectivity index (χ1) is 13.9. The molecule has 0 aliphatic rings. The van der Waals surface area contributed by atoms with E-state index in [-0.39, 0.29) is 0 Å². The molecule has 29 heavy (non-hydrogen) atoms. The largest absolute Gasteiger partial charge is 0.488 e. The van der Waals surface area contributed by atoms with Gasteiger partial charge in [-0.05, 0) is 64.0 Å². The van der Waals surface area contributed by atoms with Gasteiger partial charge in [0.2, 0.25) is 0 Å². The summed E-state index contributed by atoms with van der Waals surface area (Å²) in [6, 6.07) is 16.4. The molecule has 3 aromatic carbocycles. The van der Waals surface area contributed by atoms with Crippen LogP contribution in [0.2, 0.25) is 20.1 Å². The molecule has 0 bridgehead atoms. The van der Waals surface area contributed by atoms with E-state index in [0.29, 0.717) is 39.0 Å². The van der Waals surface area contributed by atoms with E-state index < -0.39 is 0 Å². The molecule has 0 radical (unpaired) electrons. The molecule has 3 rings (SSSR count). The lowest BCUT2D eigenvalue weighted by Crippen LogP contribution is -2.06. The summed E-state index contributed by atoms with van der Waals surface area (Å²) in [6.45, 7) is 0.765. The first-order valence-corrected chi connectivity index (χ1v) is 10.8. The highest BCUT2D eigenvalue weighted by molar-refractivity contribution is 9.10. The van der Waals surface area contributed by atoms with Crippen molar-refractivity contribution in [1.29, 1.82) is 0 Å². The highest BCUT2D eigenvalue weighted by Crippen LogP contribution is 2.28. The van der Waals surface area contributed by atoms with Gasteiger partial charge in [-0.15, -0.1) is 0 Å². The van der Waals surface area contributed by atoms with Crippen molar-refractivity contribution in [3.8, 4) is 5.75 Å². The molecular weight excluding hydrogens is 518 g/mol. The lowest BCUT2D eigenvalue weighted by atomic mass is 10.2. The van der Waals surface area contributed by atoms with Gasteiger partial charge in [-0.2, -0.15) is 5.10 Å². The second-order valence-corrected chi connectivity index (χ2v) is 8.52. The summed E-state index contributed by atoms with van der Waals surface area (Å²) in [5.41, 5.74) is 5.51. The first kappa shape index (κ1) is 22.3. The molecule has 3 aromatic rings. The Bertz CT molecular complexity index is 1020. The van der Waals surface area contributed by atoms with Crippen LogP contribution in [0, 0.1) is 0 Å². The Morgan fingerprint density at radius 1 is 0.931 bits per heavy atom. The number of halogens is 5. The molecule has 0 heterocycles. The Kier molecular flexibility index (Phi) is 8.10. The number of hydrogen-bond acceptors (Lipinski definition) is 3. The predicted octanol–water partition coefficient (Wildman–Crippen LogP) is 7.77. The van der Waals surface area contributed by atoms with Crippen LogP contribution < -0.4 is 10.2 Å². The molecule has 0 spiro atoms. The number of hydrogen-bond donors (Lipinski definition) is 1. The predicted molar refractivity (Wildman–Crippen MR) is 126 cm³/mol. The van der Waals surface area contributed by atoms with Crippen molar-refractivity contribution in [2.24, 2.45) is 5.10 Å². The van der Waals surface area contributed by atoms with Crippen molar-refractivity contribution in [2.45, 2.75) is 13.2 Å². The quantitative estimate of drug-likeness (QED) is 0.249. The van der Waals surface area contributed by atoms with E-state index in [1.54, 1.807) is 36.5 Å². The maximum absolute atomic E-state index is 6.18. The van der Waals surface area contributed by atoms with Crippen LogP contribution >= 0.6 is 62.3 Å². The number of nitrogens with zero attached hydrogens (tertiary/aromatic N) is 1. The average Bonchev–Trinajstić information content (AvgIpc) is 2.67. The van der Waals surface area contributed by atoms with Crippen LogP contribution in [0.4, 0.5) is 0 Å². The maximum atomic E-state index is 6.18. The van der Waals surface area contributed by atoms with Gasteiger partial charge in [0.05, 0.1) is 17.2 Å². The summed E-state index contributed by atoms with van der Waals surface area (Å²) in [4.78, 5) is 0. The summed E-state index contributed by atoms with van der Waals surface area (Å²) in [6.07, 6.45) is 1.70. The molecule has 0 aliphatic carbocycles. The van der Waals surface area contributed by atoms with E-state index in [1.807, 2.05) is 24.3 Å². The minimum absolute atomic E-state index is 0.336. The second-order valence-electron chi connectivity index (χ2n) is 6.01. The van der Waals surface area contributed by atoms with Gasteiger partial charge in [0.1, 0.15) is 12.4 Å². The van der Waals surface area contributed by atoms with E-state index in [9.17, 15) is 0 Å². The fourth-order valence-electron chi connectivity index (χ4n) is 2.45. The number of ether oxygens (including phenoxy) is 1. The molecule has 0 saturated carbocycles. The third kappa shape index (κ3) is 6.27. The van der Waals surface area contributed by atoms with Crippen molar-refractivity contribution in [3.05, 3.63) is 95.9 Å². The molecule has 0 fully saturated rings. The van der Waals surface area contributed by atoms with Gasteiger partial charge in [0, 0.05) is 31.2 Å². The lowest BCUT2D eigenvalue weighted by molar-refractivity contribution is 0.304. The fraction of sp³-hybridized carbons (Fsp3) is 0.0952. The topological polar surface area (TPSA) is 33.6 Å². The highest BCUT2D eigenvalue weighted by atomic mass is 79.9. The van der Waals surface area contributed by atoms with Gasteiger partial charge in [-0.3, -0.25) is 0 Å². The third-order valence-electron chi connectivity index (χ3n) is 3.98. The molecule has 0 saturated heterocycles. The Balaban J connectivity index is 1.58. The van der Waals surface area contributed by atoms with Crippen molar-refractivity contribution in [3.63, 3.8) is 0 Å². The van der Waals surface area contributed by atoms with Crippen molar-refractivity contribution < 1.29 is 4.74 Å². The Labute approximate surface area is 197 Å². The summed E-state index contributed by atoms with van der Waals surface area (Å²) in [5, 5.41) is 6.59. The molecular formula is C21H15BrCl4N2O. The van der Waals surface area contributed by atoms with Crippen LogP contribution in [-0.4, -0.2) is 6.21 Å². The summed E-state index contributed by atoms with van der Waals surface area (Å²) in [5.74, 6) is 0.698. The van der Waals surface area contributed by atoms with Crippen molar-refractivity contribution in [2.75, 3.05) is 0 Å². The van der Waals surface area contributed by atoms with Gasteiger partial charge in [0.25, 0.3) is 0 Å². The number of hydrazone groups is 1. The molecule has 1 N–H and O–H groups in total. The highest BCUT2D eigenvalue weighted by Gasteiger charge is 2.06. The molecule has 0 atom stereocenters. The SMILES string of the molecule is Clc1ccc(COc2ccc(/C=N\NCc3c(Cl)cccc3Cl)cc2Br)c(Cl)c1. The van der Waals surface area contributed by atoms with Gasteiger partial charge < -0.3 is 10.2 Å². The van der Waals surface area contributed by atoms with Crippen LogP contribution in [0.15, 0.2) is 64.2 Å². The number of benzene rings is 3. The van der Waals surface area contributed by atoms with Gasteiger partial charge in [-0.1, -0.05) is 58.5 Å². The Hall–Kier alpha value is -1.43. The third-order valence-corrected chi connectivity index (χ3v) is 5.89. The minimum atomic E-state index is 0.336. The molecule has 3 nitrogen and oxygen atoms in total. The standard InChI is InChI=1S/C21H15BrCl4N2O/c22-17-8-13(10-27-28-11-16-18(24)2-1-3-19(16)25)4-7-21(17)29-12-14-5-6-15(23)9-20(14)26/h1-10,28H,11-12H2/b27-10-. The van der Waals surface area contributed by atoms with Gasteiger partial charge in [0.15, 0.2) is 0 Å². The molecule has 0 unspecified atom stereocenters. The number of rotatable bonds is 7. The fourth-order valence-corrected chi connectivity index (χ4v) is 3.96. The van der Waals surface area contributed by atoms with Crippen LogP contribution in [0.1, 0.15) is 16.7 Å². The van der Waals surface area contributed by atoms with Crippen LogP contribution in [0.5, 0.6) is 5.75 Å². The molecule has 0 aromatic heterocycles. The Morgan fingerprint density at radius 2 is 1.69 bits per heavy atom. The van der Waals surface area contributed by atoms with Crippen molar-refractivity contribution >= 4 is 68.5 Å². The zero-order valence-electron chi connectivity index (χ0n) is 14.9. The summed E-state index contributed by atoms with van der Waals surface area (Å²) >= 11 is 27.9. The normalized spacial score (nSPS) is 11.1. The van der Waals surface area contributed by atoms with E-state index in [1.165, 1.54) is 0 Å². The average molecular weight is 533 g/mol. The van der Waals surface area contributed by atoms with Crippen LogP contribution in [0.3, 0.4) is 0 Å². The monoisotopic (exact) mass is 530 g/mol.